The van der Waals surface area contributed by atoms with Gasteiger partial charge >= 0.3 is 0 Å². The second-order valence-corrected chi connectivity index (χ2v) is 6.80. The molecule has 1 amide bonds. The van der Waals surface area contributed by atoms with E-state index in [1.54, 1.807) is 0 Å². The van der Waals surface area contributed by atoms with Crippen LogP contribution in [-0.4, -0.2) is 55.0 Å². The van der Waals surface area contributed by atoms with Gasteiger partial charge in [0.2, 0.25) is 5.91 Å². The molecule has 3 rings (SSSR count). The van der Waals surface area contributed by atoms with E-state index in [0.29, 0.717) is 19.2 Å². The minimum atomic E-state index is 0.0812. The Bertz CT molecular complexity index is 499. The van der Waals surface area contributed by atoms with E-state index in [0.717, 1.165) is 25.9 Å². The van der Waals surface area contributed by atoms with Crippen LogP contribution in [0.25, 0.3) is 0 Å². The number of carbonyl (C=O) groups is 1. The first-order chi connectivity index (χ1) is 11.2. The molecule has 0 radical (unpaired) electrons. The monoisotopic (exact) mass is 316 g/mol. The average Bonchev–Trinajstić information content (AvgIpc) is 2.63. The second-order valence-electron chi connectivity index (χ2n) is 6.80. The van der Waals surface area contributed by atoms with E-state index in [1.807, 2.05) is 30.1 Å². The smallest absolute Gasteiger partial charge is 0.236 e. The average molecular weight is 316 g/mol. The highest BCUT2D eigenvalue weighted by atomic mass is 16.5. The Morgan fingerprint density at radius 1 is 1.22 bits per heavy atom. The van der Waals surface area contributed by atoms with Crippen molar-refractivity contribution in [3.05, 3.63) is 35.9 Å². The second kappa shape index (κ2) is 7.93. The number of carbonyl (C=O) groups excluding carboxylic acids is 1. The van der Waals surface area contributed by atoms with E-state index in [1.165, 1.54) is 24.8 Å². The van der Waals surface area contributed by atoms with Gasteiger partial charge in [-0.3, -0.25) is 9.69 Å². The highest BCUT2D eigenvalue weighted by Crippen LogP contribution is 2.24. The fraction of sp³-hybridized carbons (Fsp3) is 0.632. The molecule has 4 heteroatoms. The molecule has 1 heterocycles. The molecule has 2 aliphatic rings. The number of hydrogen-bond donors (Lipinski definition) is 0. The highest BCUT2D eigenvalue weighted by Gasteiger charge is 2.27. The summed E-state index contributed by atoms with van der Waals surface area (Å²) < 4.78 is 5.89. The Morgan fingerprint density at radius 3 is 2.70 bits per heavy atom. The van der Waals surface area contributed by atoms with Gasteiger partial charge in [-0.25, -0.2) is 0 Å². The quantitative estimate of drug-likeness (QED) is 0.856. The normalized spacial score (nSPS) is 23.6. The highest BCUT2D eigenvalue weighted by molar-refractivity contribution is 5.78. The fourth-order valence-electron chi connectivity index (χ4n) is 3.69. The van der Waals surface area contributed by atoms with E-state index >= 15 is 0 Å². The molecule has 1 aliphatic carbocycles. The van der Waals surface area contributed by atoms with Crippen molar-refractivity contribution < 1.29 is 9.53 Å². The van der Waals surface area contributed by atoms with Gasteiger partial charge in [-0.2, -0.15) is 0 Å². The van der Waals surface area contributed by atoms with Crippen molar-refractivity contribution in [1.82, 2.24) is 9.80 Å². The zero-order valence-corrected chi connectivity index (χ0v) is 14.1. The Kier molecular flexibility index (Phi) is 5.68. The molecule has 126 valence electrons. The predicted molar refractivity (Wildman–Crippen MR) is 91.2 cm³/mol. The minimum Gasteiger partial charge on any atom is -0.371 e. The first-order valence-electron chi connectivity index (χ1n) is 8.88. The number of benzene rings is 1. The molecule has 1 aromatic carbocycles. The van der Waals surface area contributed by atoms with Gasteiger partial charge in [-0.1, -0.05) is 49.6 Å². The van der Waals surface area contributed by atoms with Crippen molar-refractivity contribution in [3.63, 3.8) is 0 Å². The Hall–Kier alpha value is -1.39. The molecule has 1 unspecified atom stereocenters. The molecule has 2 fully saturated rings. The van der Waals surface area contributed by atoms with Crippen LogP contribution in [0.3, 0.4) is 0 Å². The summed E-state index contributed by atoms with van der Waals surface area (Å²) in [7, 11) is 1.98. The largest absolute Gasteiger partial charge is 0.371 e. The summed E-state index contributed by atoms with van der Waals surface area (Å²) in [6.45, 7) is 2.85. The Balaban J connectivity index is 1.53. The van der Waals surface area contributed by atoms with Crippen molar-refractivity contribution in [3.8, 4) is 0 Å². The van der Waals surface area contributed by atoms with Gasteiger partial charge in [-0.05, 0) is 18.4 Å². The van der Waals surface area contributed by atoms with Crippen LogP contribution < -0.4 is 0 Å². The zero-order valence-electron chi connectivity index (χ0n) is 14.1. The van der Waals surface area contributed by atoms with Gasteiger partial charge < -0.3 is 9.64 Å². The number of ether oxygens (including phenoxy) is 1. The number of nitrogens with zero attached hydrogens (tertiary/aromatic N) is 2. The maximum Gasteiger partial charge on any atom is 0.236 e. The van der Waals surface area contributed by atoms with E-state index in [2.05, 4.69) is 17.0 Å². The van der Waals surface area contributed by atoms with Crippen LogP contribution in [0.2, 0.25) is 0 Å². The molecule has 0 aromatic heterocycles. The lowest BCUT2D eigenvalue weighted by Crippen LogP contribution is -2.47. The summed E-state index contributed by atoms with van der Waals surface area (Å²) in [6, 6.07) is 10.8. The predicted octanol–water partition coefficient (Wildman–Crippen LogP) is 2.85. The van der Waals surface area contributed by atoms with Crippen LogP contribution in [0.1, 0.15) is 43.8 Å². The van der Waals surface area contributed by atoms with Crippen LogP contribution in [0.5, 0.6) is 0 Å². The van der Waals surface area contributed by atoms with E-state index in [-0.39, 0.29) is 12.0 Å². The van der Waals surface area contributed by atoms with Gasteiger partial charge in [0.25, 0.3) is 0 Å². The number of rotatable bonds is 4. The molecule has 0 spiro atoms. The van der Waals surface area contributed by atoms with Crippen molar-refractivity contribution >= 4 is 5.91 Å². The van der Waals surface area contributed by atoms with Gasteiger partial charge in [-0.15, -0.1) is 0 Å². The molecule has 0 bridgehead atoms. The molecule has 23 heavy (non-hydrogen) atoms. The lowest BCUT2D eigenvalue weighted by Gasteiger charge is -2.36. The number of hydrogen-bond acceptors (Lipinski definition) is 3. The topological polar surface area (TPSA) is 32.8 Å². The van der Waals surface area contributed by atoms with E-state index < -0.39 is 0 Å². The first-order valence-corrected chi connectivity index (χ1v) is 8.88. The lowest BCUT2D eigenvalue weighted by molar-refractivity contribution is -0.135. The van der Waals surface area contributed by atoms with Crippen LogP contribution in [0, 0.1) is 0 Å². The zero-order chi connectivity index (χ0) is 16.1. The molecule has 1 saturated carbocycles. The molecule has 1 saturated heterocycles. The summed E-state index contributed by atoms with van der Waals surface area (Å²) in [5.41, 5.74) is 1.20. The summed E-state index contributed by atoms with van der Waals surface area (Å²) in [4.78, 5) is 16.8. The van der Waals surface area contributed by atoms with Gasteiger partial charge in [0.05, 0.1) is 19.3 Å². The van der Waals surface area contributed by atoms with Crippen molar-refractivity contribution in [2.45, 2.75) is 44.2 Å². The molecule has 0 N–H and O–H groups in total. The summed E-state index contributed by atoms with van der Waals surface area (Å²) in [5.74, 6) is 0.255. The summed E-state index contributed by atoms with van der Waals surface area (Å²) >= 11 is 0. The lowest BCUT2D eigenvalue weighted by atomic mass is 9.94. The third-order valence-corrected chi connectivity index (χ3v) is 5.20. The summed E-state index contributed by atoms with van der Waals surface area (Å²) in [6.07, 6.45) is 6.25. The van der Waals surface area contributed by atoms with Crippen molar-refractivity contribution in [2.24, 2.45) is 0 Å². The van der Waals surface area contributed by atoms with E-state index in [4.69, 9.17) is 4.74 Å². The maximum absolute atomic E-state index is 12.6. The number of likely N-dealkylation sites (N-methyl/N-ethyl adjacent to an activating group) is 1. The molecule has 4 nitrogen and oxygen atoms in total. The third kappa shape index (κ3) is 4.33. The van der Waals surface area contributed by atoms with Crippen LogP contribution in [0.4, 0.5) is 0 Å². The van der Waals surface area contributed by atoms with E-state index in [9.17, 15) is 4.79 Å². The first kappa shape index (κ1) is 16.5. The van der Waals surface area contributed by atoms with Gasteiger partial charge in [0.15, 0.2) is 0 Å². The minimum absolute atomic E-state index is 0.0812. The Labute approximate surface area is 139 Å². The SMILES string of the molecule is CN(C(=O)CN1CCOC(c2ccccc2)C1)C1CCCCC1. The van der Waals surface area contributed by atoms with Crippen molar-refractivity contribution in [1.29, 1.82) is 0 Å². The van der Waals surface area contributed by atoms with Crippen LogP contribution >= 0.6 is 0 Å². The van der Waals surface area contributed by atoms with Gasteiger partial charge in [0.1, 0.15) is 0 Å². The maximum atomic E-state index is 12.6. The molecule has 1 atom stereocenters. The molecule has 1 aliphatic heterocycles. The molecular formula is C19H28N2O2. The standard InChI is InChI=1S/C19H28N2O2/c1-20(17-10-6-3-7-11-17)19(22)15-21-12-13-23-18(14-21)16-8-4-2-5-9-16/h2,4-5,8-9,17-18H,3,6-7,10-15H2,1H3. The fourth-order valence-corrected chi connectivity index (χ4v) is 3.69. The van der Waals surface area contributed by atoms with Crippen molar-refractivity contribution in [2.75, 3.05) is 33.3 Å². The third-order valence-electron chi connectivity index (χ3n) is 5.20. The number of morpholine rings is 1. The Morgan fingerprint density at radius 2 is 1.96 bits per heavy atom. The molecule has 1 aromatic rings. The number of amides is 1. The van der Waals surface area contributed by atoms with Gasteiger partial charge in [0, 0.05) is 26.2 Å². The van der Waals surface area contributed by atoms with Crippen LogP contribution in [-0.2, 0) is 9.53 Å². The summed E-state index contributed by atoms with van der Waals surface area (Å²) in [5, 5.41) is 0. The van der Waals surface area contributed by atoms with Crippen LogP contribution in [0.15, 0.2) is 30.3 Å². The molecular weight excluding hydrogens is 288 g/mol.